The Bertz CT molecular complexity index is 440. The Labute approximate surface area is 118 Å². The lowest BCUT2D eigenvalue weighted by molar-refractivity contribution is -0.124. The van der Waals surface area contributed by atoms with Crippen molar-refractivity contribution in [1.82, 2.24) is 0 Å². The number of halogens is 3. The lowest BCUT2D eigenvalue weighted by Gasteiger charge is -2.27. The number of alkyl halides is 2. The molecule has 0 saturated heterocycles. The molecular formula is C13H14F2INO. The molecule has 2 nitrogen and oxygen atoms in total. The van der Waals surface area contributed by atoms with Crippen LogP contribution in [0.15, 0.2) is 24.3 Å². The lowest BCUT2D eigenvalue weighted by atomic mass is 9.86. The molecule has 98 valence electrons. The molecule has 18 heavy (non-hydrogen) atoms. The molecule has 2 rings (SSSR count). The van der Waals surface area contributed by atoms with E-state index < -0.39 is 5.92 Å². The van der Waals surface area contributed by atoms with Gasteiger partial charge in [-0.2, -0.15) is 0 Å². The van der Waals surface area contributed by atoms with E-state index in [9.17, 15) is 13.6 Å². The van der Waals surface area contributed by atoms with Gasteiger partial charge in [0.15, 0.2) is 0 Å². The quantitative estimate of drug-likeness (QED) is 0.788. The fraction of sp³-hybridized carbons (Fsp3) is 0.462. The van der Waals surface area contributed by atoms with Crippen molar-refractivity contribution in [3.8, 4) is 0 Å². The van der Waals surface area contributed by atoms with Crippen molar-refractivity contribution in [3.63, 3.8) is 0 Å². The SMILES string of the molecule is O=C(Nc1ccccc1I)C1CCC(F)(F)CC1. The number of carbonyl (C=O) groups is 1. The van der Waals surface area contributed by atoms with Gasteiger partial charge in [0.1, 0.15) is 0 Å². The van der Waals surface area contributed by atoms with Gasteiger partial charge in [-0.1, -0.05) is 12.1 Å². The zero-order chi connectivity index (χ0) is 13.2. The van der Waals surface area contributed by atoms with Gasteiger partial charge in [0, 0.05) is 22.3 Å². The zero-order valence-electron chi connectivity index (χ0n) is 9.76. The number of rotatable bonds is 2. The predicted octanol–water partition coefficient (Wildman–Crippen LogP) is 4.06. The molecule has 0 aromatic heterocycles. The van der Waals surface area contributed by atoms with Crippen LogP contribution in [0.25, 0.3) is 0 Å². The maximum atomic E-state index is 13.0. The predicted molar refractivity (Wildman–Crippen MR) is 74.7 cm³/mol. The molecule has 0 heterocycles. The van der Waals surface area contributed by atoms with Gasteiger partial charge in [-0.05, 0) is 47.6 Å². The van der Waals surface area contributed by atoms with Crippen molar-refractivity contribution < 1.29 is 13.6 Å². The third-order valence-electron chi connectivity index (χ3n) is 3.22. The smallest absolute Gasteiger partial charge is 0.248 e. The number of hydrogen-bond donors (Lipinski definition) is 1. The number of benzene rings is 1. The molecule has 1 amide bonds. The number of amides is 1. The van der Waals surface area contributed by atoms with Crippen LogP contribution in [0.4, 0.5) is 14.5 Å². The van der Waals surface area contributed by atoms with Crippen LogP contribution in [0.2, 0.25) is 0 Å². The van der Waals surface area contributed by atoms with Gasteiger partial charge in [0.25, 0.3) is 0 Å². The first kappa shape index (κ1) is 13.7. The summed E-state index contributed by atoms with van der Waals surface area (Å²) in [6, 6.07) is 7.44. The molecule has 0 aliphatic heterocycles. The van der Waals surface area contributed by atoms with Crippen LogP contribution in [-0.2, 0) is 4.79 Å². The third kappa shape index (κ3) is 3.40. The Balaban J connectivity index is 1.95. The van der Waals surface area contributed by atoms with E-state index in [0.717, 1.165) is 9.26 Å². The second kappa shape index (κ2) is 5.50. The number of nitrogens with one attached hydrogen (secondary N) is 1. The van der Waals surface area contributed by atoms with E-state index in [1.54, 1.807) is 0 Å². The minimum atomic E-state index is -2.59. The molecule has 1 aromatic rings. The van der Waals surface area contributed by atoms with E-state index in [2.05, 4.69) is 27.9 Å². The van der Waals surface area contributed by atoms with Crippen molar-refractivity contribution in [2.75, 3.05) is 5.32 Å². The molecule has 0 spiro atoms. The van der Waals surface area contributed by atoms with Crippen LogP contribution in [0.1, 0.15) is 25.7 Å². The average molecular weight is 365 g/mol. The molecule has 1 aliphatic rings. The number of carbonyl (C=O) groups excluding carboxylic acids is 1. The van der Waals surface area contributed by atoms with E-state index in [4.69, 9.17) is 0 Å². The summed E-state index contributed by atoms with van der Waals surface area (Å²) >= 11 is 2.14. The monoisotopic (exact) mass is 365 g/mol. The molecule has 1 aromatic carbocycles. The Morgan fingerprint density at radius 2 is 1.89 bits per heavy atom. The molecule has 1 N–H and O–H groups in total. The summed E-state index contributed by atoms with van der Waals surface area (Å²) in [7, 11) is 0. The van der Waals surface area contributed by atoms with Crippen molar-refractivity contribution in [2.24, 2.45) is 5.92 Å². The summed E-state index contributed by atoms with van der Waals surface area (Å²) in [6.07, 6.45) is 0.165. The van der Waals surface area contributed by atoms with E-state index in [-0.39, 0.29) is 37.5 Å². The lowest BCUT2D eigenvalue weighted by Crippen LogP contribution is -2.31. The molecule has 0 bridgehead atoms. The van der Waals surface area contributed by atoms with Crippen LogP contribution in [0.5, 0.6) is 0 Å². The molecule has 0 unspecified atom stereocenters. The number of anilines is 1. The summed E-state index contributed by atoms with van der Waals surface area (Å²) in [5, 5.41) is 2.82. The summed E-state index contributed by atoms with van der Waals surface area (Å²) in [6.45, 7) is 0. The summed E-state index contributed by atoms with van der Waals surface area (Å²) < 4.78 is 26.9. The minimum absolute atomic E-state index is 0.144. The second-order valence-corrected chi connectivity index (χ2v) is 5.76. The molecule has 5 heteroatoms. The van der Waals surface area contributed by atoms with E-state index in [1.165, 1.54) is 0 Å². The van der Waals surface area contributed by atoms with Gasteiger partial charge in [0.05, 0.1) is 5.69 Å². The van der Waals surface area contributed by atoms with Gasteiger partial charge in [-0.25, -0.2) is 8.78 Å². The van der Waals surface area contributed by atoms with Crippen LogP contribution in [-0.4, -0.2) is 11.8 Å². The van der Waals surface area contributed by atoms with Gasteiger partial charge in [-0.15, -0.1) is 0 Å². The Morgan fingerprint density at radius 1 is 1.28 bits per heavy atom. The molecule has 0 atom stereocenters. The van der Waals surface area contributed by atoms with Crippen molar-refractivity contribution in [2.45, 2.75) is 31.6 Å². The fourth-order valence-electron chi connectivity index (χ4n) is 2.10. The van der Waals surface area contributed by atoms with Gasteiger partial charge in [0.2, 0.25) is 11.8 Å². The van der Waals surface area contributed by atoms with Crippen molar-refractivity contribution in [1.29, 1.82) is 0 Å². The highest BCUT2D eigenvalue weighted by Crippen LogP contribution is 2.36. The zero-order valence-corrected chi connectivity index (χ0v) is 11.9. The third-order valence-corrected chi connectivity index (χ3v) is 4.16. The first-order valence-electron chi connectivity index (χ1n) is 5.91. The van der Waals surface area contributed by atoms with Crippen LogP contribution in [0.3, 0.4) is 0 Å². The highest BCUT2D eigenvalue weighted by atomic mass is 127. The maximum Gasteiger partial charge on any atom is 0.248 e. The first-order chi connectivity index (χ1) is 8.48. The minimum Gasteiger partial charge on any atom is -0.325 e. The molecule has 1 fully saturated rings. The van der Waals surface area contributed by atoms with E-state index in [0.29, 0.717) is 0 Å². The van der Waals surface area contributed by atoms with E-state index in [1.807, 2.05) is 24.3 Å². The highest BCUT2D eigenvalue weighted by Gasteiger charge is 2.37. The molecular weight excluding hydrogens is 351 g/mol. The van der Waals surface area contributed by atoms with Gasteiger partial charge in [-0.3, -0.25) is 4.79 Å². The Morgan fingerprint density at radius 3 is 2.50 bits per heavy atom. The normalized spacial score (nSPS) is 19.5. The largest absolute Gasteiger partial charge is 0.325 e. The topological polar surface area (TPSA) is 29.1 Å². The van der Waals surface area contributed by atoms with Crippen LogP contribution in [0, 0.1) is 9.49 Å². The molecule has 1 aliphatic carbocycles. The fourth-order valence-corrected chi connectivity index (χ4v) is 2.62. The standard InChI is InChI=1S/C13H14F2INO/c14-13(15)7-5-9(6-8-13)12(18)17-11-4-2-1-3-10(11)16/h1-4,9H,5-8H2,(H,17,18). The maximum absolute atomic E-state index is 13.0. The summed E-state index contributed by atoms with van der Waals surface area (Å²) in [5.41, 5.74) is 0.750. The molecule has 0 radical (unpaired) electrons. The summed E-state index contributed by atoms with van der Waals surface area (Å²) in [5.74, 6) is -3.02. The second-order valence-electron chi connectivity index (χ2n) is 4.60. The van der Waals surface area contributed by atoms with Crippen molar-refractivity contribution >= 4 is 34.2 Å². The number of hydrogen-bond acceptors (Lipinski definition) is 1. The van der Waals surface area contributed by atoms with Crippen LogP contribution >= 0.6 is 22.6 Å². The van der Waals surface area contributed by atoms with Gasteiger partial charge < -0.3 is 5.32 Å². The van der Waals surface area contributed by atoms with Crippen molar-refractivity contribution in [3.05, 3.63) is 27.8 Å². The molecule has 1 saturated carbocycles. The average Bonchev–Trinajstić information content (AvgIpc) is 2.32. The summed E-state index contributed by atoms with van der Waals surface area (Å²) in [4.78, 5) is 12.0. The Hall–Kier alpha value is -0.720. The first-order valence-corrected chi connectivity index (χ1v) is 6.99. The Kier molecular flexibility index (Phi) is 4.19. The van der Waals surface area contributed by atoms with Crippen LogP contribution < -0.4 is 5.32 Å². The highest BCUT2D eigenvalue weighted by molar-refractivity contribution is 14.1. The van der Waals surface area contributed by atoms with Gasteiger partial charge >= 0.3 is 0 Å². The van der Waals surface area contributed by atoms with E-state index >= 15 is 0 Å². The number of para-hydroxylation sites is 1.